The van der Waals surface area contributed by atoms with E-state index in [1.54, 1.807) is 12.0 Å². The van der Waals surface area contributed by atoms with Crippen LogP contribution in [-0.4, -0.2) is 62.3 Å². The molecule has 1 fully saturated rings. The molecule has 7 nitrogen and oxygen atoms in total. The van der Waals surface area contributed by atoms with Crippen LogP contribution in [0.2, 0.25) is 0 Å². The standard InChI is InChI=1S/C19H29N3O4/c1-14(2)12-21-19(24)22-13-16(26-15-7-5-4-6-8-15)11-17(22)18(23)20-9-10-25-3/h4-8,14,16-17H,9-13H2,1-3H3,(H,20,23)(H,21,24)/t16-,17-/m0/s1. The fraction of sp³-hybridized carbons (Fsp3) is 0.579. The van der Waals surface area contributed by atoms with Crippen LogP contribution >= 0.6 is 0 Å². The Morgan fingerprint density at radius 3 is 2.62 bits per heavy atom. The molecule has 0 aromatic heterocycles. The summed E-state index contributed by atoms with van der Waals surface area (Å²) in [5.41, 5.74) is 0. The average molecular weight is 363 g/mol. The molecule has 1 saturated heterocycles. The topological polar surface area (TPSA) is 79.9 Å². The molecule has 0 aliphatic carbocycles. The number of nitrogens with one attached hydrogen (secondary N) is 2. The summed E-state index contributed by atoms with van der Waals surface area (Å²) in [6.45, 7) is 5.85. The second-order valence-corrected chi connectivity index (χ2v) is 6.82. The summed E-state index contributed by atoms with van der Waals surface area (Å²) in [6, 6.07) is 8.67. The van der Waals surface area contributed by atoms with Gasteiger partial charge in [-0.3, -0.25) is 4.79 Å². The van der Waals surface area contributed by atoms with Gasteiger partial charge in [0, 0.05) is 26.6 Å². The summed E-state index contributed by atoms with van der Waals surface area (Å²) >= 11 is 0. The van der Waals surface area contributed by atoms with E-state index in [-0.39, 0.29) is 18.0 Å². The van der Waals surface area contributed by atoms with Crippen molar-refractivity contribution in [3.05, 3.63) is 30.3 Å². The van der Waals surface area contributed by atoms with E-state index in [1.165, 1.54) is 0 Å². The molecule has 2 N–H and O–H groups in total. The minimum atomic E-state index is -0.548. The molecule has 0 bridgehead atoms. The molecular formula is C19H29N3O4. The summed E-state index contributed by atoms with van der Waals surface area (Å²) < 4.78 is 10.9. The van der Waals surface area contributed by atoms with Gasteiger partial charge in [-0.25, -0.2) is 4.79 Å². The Labute approximate surface area is 155 Å². The average Bonchev–Trinajstić information content (AvgIpc) is 3.04. The fourth-order valence-electron chi connectivity index (χ4n) is 2.83. The van der Waals surface area contributed by atoms with Crippen LogP contribution in [-0.2, 0) is 9.53 Å². The van der Waals surface area contributed by atoms with Gasteiger partial charge in [-0.1, -0.05) is 32.0 Å². The number of carbonyl (C=O) groups is 2. The first-order valence-electron chi connectivity index (χ1n) is 9.04. The second-order valence-electron chi connectivity index (χ2n) is 6.82. The lowest BCUT2D eigenvalue weighted by atomic mass is 10.2. The first-order chi connectivity index (χ1) is 12.5. The van der Waals surface area contributed by atoms with Crippen LogP contribution in [0.25, 0.3) is 0 Å². The molecule has 2 atom stereocenters. The highest BCUT2D eigenvalue weighted by molar-refractivity contribution is 5.87. The Balaban J connectivity index is 2.02. The van der Waals surface area contributed by atoms with Crippen molar-refractivity contribution in [2.45, 2.75) is 32.4 Å². The Hall–Kier alpha value is -2.28. The van der Waals surface area contributed by atoms with Crippen molar-refractivity contribution in [2.75, 3.05) is 33.4 Å². The van der Waals surface area contributed by atoms with Crippen molar-refractivity contribution in [2.24, 2.45) is 5.92 Å². The number of methoxy groups -OCH3 is 1. The highest BCUT2D eigenvalue weighted by Gasteiger charge is 2.40. The zero-order valence-corrected chi connectivity index (χ0v) is 15.7. The molecule has 1 aliphatic heterocycles. The lowest BCUT2D eigenvalue weighted by Crippen LogP contribution is -2.50. The maximum atomic E-state index is 12.5. The highest BCUT2D eigenvalue weighted by Crippen LogP contribution is 2.23. The largest absolute Gasteiger partial charge is 0.488 e. The Morgan fingerprint density at radius 1 is 1.23 bits per heavy atom. The van der Waals surface area contributed by atoms with E-state index in [0.717, 1.165) is 5.75 Å². The number of rotatable bonds is 8. The number of urea groups is 1. The van der Waals surface area contributed by atoms with E-state index in [4.69, 9.17) is 9.47 Å². The summed E-state index contributed by atoms with van der Waals surface area (Å²) in [4.78, 5) is 26.6. The van der Waals surface area contributed by atoms with Crippen LogP contribution in [0.15, 0.2) is 30.3 Å². The smallest absolute Gasteiger partial charge is 0.318 e. The molecule has 1 heterocycles. The molecule has 0 saturated carbocycles. The summed E-state index contributed by atoms with van der Waals surface area (Å²) in [6.07, 6.45) is 0.239. The third kappa shape index (κ3) is 5.91. The van der Waals surface area contributed by atoms with E-state index in [1.807, 2.05) is 44.2 Å². The molecule has 2 rings (SSSR count). The molecule has 144 valence electrons. The van der Waals surface area contributed by atoms with Crippen LogP contribution in [0, 0.1) is 5.92 Å². The van der Waals surface area contributed by atoms with Gasteiger partial charge >= 0.3 is 6.03 Å². The van der Waals surface area contributed by atoms with Crippen molar-refractivity contribution in [1.82, 2.24) is 15.5 Å². The third-order valence-electron chi connectivity index (χ3n) is 4.14. The number of ether oxygens (including phenoxy) is 2. The molecule has 7 heteroatoms. The van der Waals surface area contributed by atoms with Gasteiger partial charge in [-0.05, 0) is 18.1 Å². The predicted octanol–water partition coefficient (Wildman–Crippen LogP) is 1.64. The maximum absolute atomic E-state index is 12.5. The number of amides is 3. The lowest BCUT2D eigenvalue weighted by Gasteiger charge is -2.24. The Morgan fingerprint density at radius 2 is 1.96 bits per heavy atom. The predicted molar refractivity (Wildman–Crippen MR) is 99.1 cm³/mol. The molecule has 26 heavy (non-hydrogen) atoms. The van der Waals surface area contributed by atoms with Gasteiger partial charge in [0.2, 0.25) is 5.91 Å². The number of para-hydroxylation sites is 1. The second kappa shape index (κ2) is 10.0. The first-order valence-corrected chi connectivity index (χ1v) is 9.04. The maximum Gasteiger partial charge on any atom is 0.318 e. The van der Waals surface area contributed by atoms with Crippen molar-refractivity contribution in [1.29, 1.82) is 0 Å². The van der Waals surface area contributed by atoms with Crippen molar-refractivity contribution >= 4 is 11.9 Å². The zero-order chi connectivity index (χ0) is 18.9. The molecular weight excluding hydrogens is 334 g/mol. The van der Waals surface area contributed by atoms with Gasteiger partial charge in [0.15, 0.2) is 0 Å². The fourth-order valence-corrected chi connectivity index (χ4v) is 2.83. The molecule has 1 aliphatic rings. The van der Waals surface area contributed by atoms with Crippen LogP contribution in [0.4, 0.5) is 4.79 Å². The third-order valence-corrected chi connectivity index (χ3v) is 4.14. The van der Waals surface area contributed by atoms with Gasteiger partial charge in [-0.15, -0.1) is 0 Å². The highest BCUT2D eigenvalue weighted by atomic mass is 16.5. The van der Waals surface area contributed by atoms with E-state index in [9.17, 15) is 9.59 Å². The number of benzene rings is 1. The lowest BCUT2D eigenvalue weighted by molar-refractivity contribution is -0.124. The number of nitrogens with zero attached hydrogens (tertiary/aromatic N) is 1. The van der Waals surface area contributed by atoms with E-state index >= 15 is 0 Å². The Bertz CT molecular complexity index is 579. The number of hydrogen-bond donors (Lipinski definition) is 2. The molecule has 3 amide bonds. The van der Waals surface area contributed by atoms with E-state index < -0.39 is 6.04 Å². The minimum Gasteiger partial charge on any atom is -0.488 e. The molecule has 0 unspecified atom stereocenters. The number of likely N-dealkylation sites (tertiary alicyclic amines) is 1. The van der Waals surface area contributed by atoms with Gasteiger partial charge in [0.1, 0.15) is 17.9 Å². The van der Waals surface area contributed by atoms with Gasteiger partial charge in [0.05, 0.1) is 13.2 Å². The Kier molecular flexibility index (Phi) is 7.72. The van der Waals surface area contributed by atoms with Crippen LogP contribution in [0.3, 0.4) is 0 Å². The minimum absolute atomic E-state index is 0.180. The van der Waals surface area contributed by atoms with Crippen LogP contribution in [0.1, 0.15) is 20.3 Å². The summed E-state index contributed by atoms with van der Waals surface area (Å²) in [5, 5.41) is 5.71. The molecule has 1 aromatic carbocycles. The van der Waals surface area contributed by atoms with Crippen LogP contribution in [0.5, 0.6) is 5.75 Å². The monoisotopic (exact) mass is 363 g/mol. The summed E-state index contributed by atoms with van der Waals surface area (Å²) in [5.74, 6) is 0.897. The summed E-state index contributed by atoms with van der Waals surface area (Å²) in [7, 11) is 1.58. The van der Waals surface area contributed by atoms with Gasteiger partial charge in [-0.2, -0.15) is 0 Å². The first kappa shape index (κ1) is 20.0. The van der Waals surface area contributed by atoms with E-state index in [2.05, 4.69) is 10.6 Å². The SMILES string of the molecule is COCCNC(=O)[C@@H]1C[C@H](Oc2ccccc2)CN1C(=O)NCC(C)C. The van der Waals surface area contributed by atoms with Crippen molar-refractivity contribution in [3.63, 3.8) is 0 Å². The molecule has 0 radical (unpaired) electrons. The van der Waals surface area contributed by atoms with Crippen molar-refractivity contribution < 1.29 is 19.1 Å². The molecule has 0 spiro atoms. The molecule has 1 aromatic rings. The normalized spacial score (nSPS) is 19.5. The van der Waals surface area contributed by atoms with Gasteiger partial charge < -0.3 is 25.0 Å². The van der Waals surface area contributed by atoms with Gasteiger partial charge in [0.25, 0.3) is 0 Å². The number of hydrogen-bond acceptors (Lipinski definition) is 4. The van der Waals surface area contributed by atoms with E-state index in [0.29, 0.717) is 38.6 Å². The quantitative estimate of drug-likeness (QED) is 0.688. The number of carbonyl (C=O) groups excluding carboxylic acids is 2. The van der Waals surface area contributed by atoms with Crippen LogP contribution < -0.4 is 15.4 Å². The zero-order valence-electron chi connectivity index (χ0n) is 15.7. The van der Waals surface area contributed by atoms with Crippen molar-refractivity contribution in [3.8, 4) is 5.75 Å².